The van der Waals surface area contributed by atoms with Crippen molar-refractivity contribution in [3.05, 3.63) is 70.4 Å². The lowest BCUT2D eigenvalue weighted by Gasteiger charge is -2.33. The zero-order valence-electron chi connectivity index (χ0n) is 17.7. The summed E-state index contributed by atoms with van der Waals surface area (Å²) in [6, 6.07) is 12.4. The Morgan fingerprint density at radius 1 is 1.29 bits per heavy atom. The molecule has 5 nitrogen and oxygen atoms in total. The molecule has 1 aliphatic rings. The number of fused-ring (bicyclic) bond motifs is 1. The quantitative estimate of drug-likeness (QED) is 0.298. The van der Waals surface area contributed by atoms with Gasteiger partial charge in [-0.25, -0.2) is 4.98 Å². The lowest BCUT2D eigenvalue weighted by Crippen LogP contribution is -2.42. The maximum atomic E-state index is 13.1. The summed E-state index contributed by atoms with van der Waals surface area (Å²) in [5.41, 5.74) is 1.99. The van der Waals surface area contributed by atoms with Gasteiger partial charge in [-0.3, -0.25) is 14.2 Å². The number of allylic oxidation sites excluding steroid dienone is 1. The van der Waals surface area contributed by atoms with Gasteiger partial charge in [0.1, 0.15) is 4.70 Å². The first-order valence-electron chi connectivity index (χ1n) is 10.6. The number of thiophene rings is 1. The van der Waals surface area contributed by atoms with Gasteiger partial charge in [-0.2, -0.15) is 0 Å². The second kappa shape index (κ2) is 9.83. The molecule has 1 amide bonds. The number of rotatable bonds is 7. The predicted molar refractivity (Wildman–Crippen MR) is 129 cm³/mol. The molecule has 1 fully saturated rings. The summed E-state index contributed by atoms with van der Waals surface area (Å²) in [6.45, 7) is 7.63. The van der Waals surface area contributed by atoms with Gasteiger partial charge in [-0.1, -0.05) is 48.2 Å². The van der Waals surface area contributed by atoms with Crippen LogP contribution in [-0.4, -0.2) is 38.7 Å². The van der Waals surface area contributed by atoms with Gasteiger partial charge in [0.25, 0.3) is 5.56 Å². The van der Waals surface area contributed by atoms with Crippen molar-refractivity contribution in [1.82, 2.24) is 14.5 Å². The second-order valence-electron chi connectivity index (χ2n) is 7.95. The first-order valence-corrected chi connectivity index (χ1v) is 12.4. The standard InChI is InChI=1S/C24H27N3O2S2/c1-3-12-27-23(29)21-20(11-15-30-21)25-24(27)31-17(2)22(28)26-13-9-19(10-14-26)16-18-7-5-4-6-8-18/h3-8,11,15,17,19H,1,9-10,12-14,16H2,2H3. The third-order valence-corrected chi connectivity index (χ3v) is 7.74. The zero-order valence-corrected chi connectivity index (χ0v) is 19.3. The maximum Gasteiger partial charge on any atom is 0.272 e. The van der Waals surface area contributed by atoms with E-state index in [1.165, 1.54) is 28.7 Å². The van der Waals surface area contributed by atoms with Crippen molar-refractivity contribution >= 4 is 39.2 Å². The predicted octanol–water partition coefficient (Wildman–Crippen LogP) is 4.61. The summed E-state index contributed by atoms with van der Waals surface area (Å²) in [7, 11) is 0. The van der Waals surface area contributed by atoms with Gasteiger partial charge in [0.05, 0.1) is 10.8 Å². The van der Waals surface area contributed by atoms with E-state index in [0.29, 0.717) is 27.8 Å². The lowest BCUT2D eigenvalue weighted by atomic mass is 9.90. The van der Waals surface area contributed by atoms with Crippen LogP contribution >= 0.6 is 23.1 Å². The van der Waals surface area contributed by atoms with Gasteiger partial charge in [0.2, 0.25) is 5.91 Å². The van der Waals surface area contributed by atoms with Crippen LogP contribution in [0, 0.1) is 5.92 Å². The first kappa shape index (κ1) is 21.8. The third kappa shape index (κ3) is 4.93. The molecule has 0 N–H and O–H groups in total. The highest BCUT2D eigenvalue weighted by atomic mass is 32.2. The van der Waals surface area contributed by atoms with Crippen LogP contribution in [0.25, 0.3) is 10.2 Å². The van der Waals surface area contributed by atoms with Crippen LogP contribution in [0.1, 0.15) is 25.3 Å². The Morgan fingerprint density at radius 2 is 2.03 bits per heavy atom. The van der Waals surface area contributed by atoms with E-state index < -0.39 is 0 Å². The molecular formula is C24H27N3O2S2. The van der Waals surface area contributed by atoms with Gasteiger partial charge in [0, 0.05) is 19.6 Å². The summed E-state index contributed by atoms with van der Waals surface area (Å²) < 4.78 is 2.26. The minimum atomic E-state index is -0.301. The smallest absolute Gasteiger partial charge is 0.272 e. The van der Waals surface area contributed by atoms with E-state index in [9.17, 15) is 9.59 Å². The number of aromatic nitrogens is 2. The van der Waals surface area contributed by atoms with E-state index in [-0.39, 0.29) is 16.7 Å². The molecular weight excluding hydrogens is 426 g/mol. The number of hydrogen-bond donors (Lipinski definition) is 0. The molecule has 31 heavy (non-hydrogen) atoms. The highest BCUT2D eigenvalue weighted by Gasteiger charge is 2.28. The molecule has 4 rings (SSSR count). The molecule has 0 aliphatic carbocycles. The highest BCUT2D eigenvalue weighted by Crippen LogP contribution is 2.28. The number of thioether (sulfide) groups is 1. The number of carbonyl (C=O) groups excluding carboxylic acids is 1. The minimum Gasteiger partial charge on any atom is -0.342 e. The van der Waals surface area contributed by atoms with Crippen molar-refractivity contribution in [3.8, 4) is 0 Å². The SMILES string of the molecule is C=CCn1c(SC(C)C(=O)N2CCC(Cc3ccccc3)CC2)nc2ccsc2c1=O. The molecule has 0 spiro atoms. The summed E-state index contributed by atoms with van der Waals surface area (Å²) >= 11 is 2.76. The molecule has 0 radical (unpaired) electrons. The summed E-state index contributed by atoms with van der Waals surface area (Å²) in [5.74, 6) is 0.739. The van der Waals surface area contributed by atoms with Crippen LogP contribution in [0.5, 0.6) is 0 Å². The van der Waals surface area contributed by atoms with Gasteiger partial charge in [-0.05, 0) is 49.1 Å². The van der Waals surface area contributed by atoms with Gasteiger partial charge < -0.3 is 4.90 Å². The van der Waals surface area contributed by atoms with Crippen molar-refractivity contribution < 1.29 is 4.79 Å². The Hall–Kier alpha value is -2.38. The van der Waals surface area contributed by atoms with Crippen LogP contribution < -0.4 is 5.56 Å². The van der Waals surface area contributed by atoms with Crippen LogP contribution in [0.3, 0.4) is 0 Å². The maximum absolute atomic E-state index is 13.1. The fourth-order valence-corrected chi connectivity index (χ4v) is 5.85. The Morgan fingerprint density at radius 3 is 2.74 bits per heavy atom. The number of carbonyl (C=O) groups is 1. The molecule has 3 heterocycles. The summed E-state index contributed by atoms with van der Waals surface area (Å²) in [4.78, 5) is 32.6. The average Bonchev–Trinajstić information content (AvgIpc) is 3.26. The number of hydrogen-bond acceptors (Lipinski definition) is 5. The number of benzene rings is 1. The number of likely N-dealkylation sites (tertiary alicyclic amines) is 1. The molecule has 1 atom stereocenters. The van der Waals surface area contributed by atoms with E-state index in [2.05, 4.69) is 35.8 Å². The van der Waals surface area contributed by atoms with Crippen molar-refractivity contribution in [2.45, 2.75) is 43.1 Å². The van der Waals surface area contributed by atoms with Crippen LogP contribution in [0.15, 0.2) is 64.4 Å². The largest absolute Gasteiger partial charge is 0.342 e. The van der Waals surface area contributed by atoms with Gasteiger partial charge in [0.15, 0.2) is 5.16 Å². The number of piperidine rings is 1. The molecule has 1 aromatic carbocycles. The highest BCUT2D eigenvalue weighted by molar-refractivity contribution is 8.00. The number of nitrogens with zero attached hydrogens (tertiary/aromatic N) is 3. The normalized spacial score (nSPS) is 15.8. The Balaban J connectivity index is 1.41. The van der Waals surface area contributed by atoms with Gasteiger partial charge >= 0.3 is 0 Å². The minimum absolute atomic E-state index is 0.0659. The summed E-state index contributed by atoms with van der Waals surface area (Å²) in [6.07, 6.45) is 4.82. The molecule has 2 aromatic heterocycles. The van der Waals surface area contributed by atoms with Crippen LogP contribution in [-0.2, 0) is 17.8 Å². The average molecular weight is 454 g/mol. The van der Waals surface area contributed by atoms with E-state index in [1.54, 1.807) is 10.6 Å². The molecule has 162 valence electrons. The topological polar surface area (TPSA) is 55.2 Å². The Bertz CT molecular complexity index is 1110. The van der Waals surface area contributed by atoms with Crippen molar-refractivity contribution in [3.63, 3.8) is 0 Å². The molecule has 0 saturated carbocycles. The summed E-state index contributed by atoms with van der Waals surface area (Å²) in [5, 5.41) is 2.15. The van der Waals surface area contributed by atoms with Crippen molar-refractivity contribution in [2.75, 3.05) is 13.1 Å². The van der Waals surface area contributed by atoms with Crippen molar-refractivity contribution in [1.29, 1.82) is 0 Å². The van der Waals surface area contributed by atoms with E-state index in [4.69, 9.17) is 0 Å². The molecule has 3 aromatic rings. The Labute approximate surface area is 190 Å². The lowest BCUT2D eigenvalue weighted by molar-refractivity contribution is -0.131. The van der Waals surface area contributed by atoms with Crippen LogP contribution in [0.4, 0.5) is 0 Å². The van der Waals surface area contributed by atoms with Gasteiger partial charge in [-0.15, -0.1) is 17.9 Å². The number of amides is 1. The van der Waals surface area contributed by atoms with E-state index >= 15 is 0 Å². The molecule has 1 aliphatic heterocycles. The van der Waals surface area contributed by atoms with E-state index in [0.717, 1.165) is 32.4 Å². The molecule has 1 unspecified atom stereocenters. The molecule has 7 heteroatoms. The zero-order chi connectivity index (χ0) is 21.8. The van der Waals surface area contributed by atoms with Crippen LogP contribution in [0.2, 0.25) is 0 Å². The fraction of sp³-hybridized carbons (Fsp3) is 0.375. The molecule has 0 bridgehead atoms. The monoisotopic (exact) mass is 453 g/mol. The third-order valence-electron chi connectivity index (χ3n) is 5.77. The van der Waals surface area contributed by atoms with E-state index in [1.807, 2.05) is 29.3 Å². The fourth-order valence-electron chi connectivity index (χ4n) is 4.07. The molecule has 1 saturated heterocycles. The Kier molecular flexibility index (Phi) is 6.92. The first-order chi connectivity index (χ1) is 15.1. The van der Waals surface area contributed by atoms with Crippen molar-refractivity contribution in [2.24, 2.45) is 5.92 Å². The second-order valence-corrected chi connectivity index (χ2v) is 10.2.